The summed E-state index contributed by atoms with van der Waals surface area (Å²) in [4.78, 5) is 12.1. The number of hydrogen-bond acceptors (Lipinski definition) is 2. The SMILES string of the molecule is CCC1(CNC(=O)C2(C)CCNC2)CCC1.Cl. The highest BCUT2D eigenvalue weighted by molar-refractivity contribution is 5.85. The highest BCUT2D eigenvalue weighted by Crippen LogP contribution is 2.43. The molecule has 1 aliphatic heterocycles. The molecule has 100 valence electrons. The normalized spacial score (nSPS) is 30.2. The summed E-state index contributed by atoms with van der Waals surface area (Å²) in [5.74, 6) is 0.247. The molecule has 1 atom stereocenters. The maximum Gasteiger partial charge on any atom is 0.227 e. The third kappa shape index (κ3) is 2.94. The van der Waals surface area contributed by atoms with E-state index in [-0.39, 0.29) is 23.7 Å². The van der Waals surface area contributed by atoms with Crippen LogP contribution < -0.4 is 10.6 Å². The van der Waals surface area contributed by atoms with E-state index in [1.807, 2.05) is 0 Å². The Morgan fingerprint density at radius 1 is 1.35 bits per heavy atom. The van der Waals surface area contributed by atoms with Crippen LogP contribution in [0.3, 0.4) is 0 Å². The average molecular weight is 261 g/mol. The summed E-state index contributed by atoms with van der Waals surface area (Å²) in [6, 6.07) is 0. The Labute approximate surface area is 111 Å². The van der Waals surface area contributed by atoms with Crippen molar-refractivity contribution in [3.63, 3.8) is 0 Å². The lowest BCUT2D eigenvalue weighted by atomic mass is 9.67. The molecule has 0 bridgehead atoms. The van der Waals surface area contributed by atoms with Gasteiger partial charge in [-0.25, -0.2) is 0 Å². The minimum absolute atomic E-state index is 0. The number of nitrogens with one attached hydrogen (secondary N) is 2. The zero-order valence-corrected chi connectivity index (χ0v) is 11.8. The number of carbonyl (C=O) groups is 1. The maximum atomic E-state index is 12.1. The molecule has 1 amide bonds. The third-order valence-corrected chi connectivity index (χ3v) is 4.71. The second-order valence-corrected chi connectivity index (χ2v) is 5.88. The Hall–Kier alpha value is -0.280. The molecule has 1 heterocycles. The lowest BCUT2D eigenvalue weighted by Crippen LogP contribution is -2.47. The summed E-state index contributed by atoms with van der Waals surface area (Å²) in [6.07, 6.45) is 6.08. The fraction of sp³-hybridized carbons (Fsp3) is 0.923. The quantitative estimate of drug-likeness (QED) is 0.813. The Morgan fingerprint density at radius 2 is 2.06 bits per heavy atom. The number of rotatable bonds is 4. The molecule has 2 rings (SSSR count). The van der Waals surface area contributed by atoms with Crippen LogP contribution in [0.4, 0.5) is 0 Å². The van der Waals surface area contributed by atoms with E-state index in [0.29, 0.717) is 5.41 Å². The van der Waals surface area contributed by atoms with E-state index in [1.165, 1.54) is 25.7 Å². The third-order valence-electron chi connectivity index (χ3n) is 4.71. The zero-order valence-electron chi connectivity index (χ0n) is 11.0. The highest BCUT2D eigenvalue weighted by Gasteiger charge is 2.39. The van der Waals surface area contributed by atoms with E-state index in [9.17, 15) is 4.79 Å². The van der Waals surface area contributed by atoms with Crippen molar-refractivity contribution >= 4 is 18.3 Å². The van der Waals surface area contributed by atoms with Gasteiger partial charge < -0.3 is 10.6 Å². The second kappa shape index (κ2) is 5.57. The van der Waals surface area contributed by atoms with Gasteiger partial charge >= 0.3 is 0 Å². The molecule has 0 aromatic heterocycles. The summed E-state index contributed by atoms with van der Waals surface area (Å²) in [5, 5.41) is 6.45. The lowest BCUT2D eigenvalue weighted by molar-refractivity contribution is -0.130. The Kier molecular flexibility index (Phi) is 4.85. The topological polar surface area (TPSA) is 41.1 Å². The summed E-state index contributed by atoms with van der Waals surface area (Å²) in [6.45, 7) is 7.00. The van der Waals surface area contributed by atoms with Crippen LogP contribution in [0.15, 0.2) is 0 Å². The van der Waals surface area contributed by atoms with E-state index in [4.69, 9.17) is 0 Å². The van der Waals surface area contributed by atoms with Gasteiger partial charge in [-0.05, 0) is 44.6 Å². The smallest absolute Gasteiger partial charge is 0.227 e. The largest absolute Gasteiger partial charge is 0.355 e. The zero-order chi connectivity index (χ0) is 11.6. The van der Waals surface area contributed by atoms with Gasteiger partial charge in [-0.3, -0.25) is 4.79 Å². The van der Waals surface area contributed by atoms with E-state index >= 15 is 0 Å². The van der Waals surface area contributed by atoms with Crippen molar-refractivity contribution in [2.75, 3.05) is 19.6 Å². The van der Waals surface area contributed by atoms with Crippen molar-refractivity contribution < 1.29 is 4.79 Å². The molecule has 2 fully saturated rings. The van der Waals surface area contributed by atoms with Crippen LogP contribution in [-0.4, -0.2) is 25.5 Å². The van der Waals surface area contributed by atoms with Gasteiger partial charge in [-0.15, -0.1) is 12.4 Å². The van der Waals surface area contributed by atoms with Gasteiger partial charge in [0.2, 0.25) is 5.91 Å². The van der Waals surface area contributed by atoms with Gasteiger partial charge in [0.05, 0.1) is 5.41 Å². The second-order valence-electron chi connectivity index (χ2n) is 5.88. The fourth-order valence-electron chi connectivity index (χ4n) is 2.82. The Bertz CT molecular complexity index is 265. The molecule has 0 aromatic rings. The van der Waals surface area contributed by atoms with Crippen molar-refractivity contribution in [3.05, 3.63) is 0 Å². The molecule has 0 spiro atoms. The van der Waals surface area contributed by atoms with E-state index in [1.54, 1.807) is 0 Å². The minimum atomic E-state index is -0.168. The molecular formula is C13H25ClN2O. The Morgan fingerprint density at radius 3 is 2.47 bits per heavy atom. The van der Waals surface area contributed by atoms with Gasteiger partial charge in [0.15, 0.2) is 0 Å². The van der Waals surface area contributed by atoms with Gasteiger partial charge in [0.1, 0.15) is 0 Å². The lowest BCUT2D eigenvalue weighted by Gasteiger charge is -2.42. The van der Waals surface area contributed by atoms with Gasteiger partial charge in [0.25, 0.3) is 0 Å². The Balaban J connectivity index is 0.00000144. The summed E-state index contributed by atoms with van der Waals surface area (Å²) < 4.78 is 0. The van der Waals surface area contributed by atoms with E-state index in [0.717, 1.165) is 26.1 Å². The summed E-state index contributed by atoms with van der Waals surface area (Å²) in [5.41, 5.74) is 0.261. The molecule has 0 aromatic carbocycles. The molecule has 4 heteroatoms. The first kappa shape index (κ1) is 14.8. The minimum Gasteiger partial charge on any atom is -0.355 e. The number of halogens is 1. The average Bonchev–Trinajstić information content (AvgIpc) is 2.65. The molecule has 17 heavy (non-hydrogen) atoms. The van der Waals surface area contributed by atoms with Crippen molar-refractivity contribution in [2.24, 2.45) is 10.8 Å². The fourth-order valence-corrected chi connectivity index (χ4v) is 2.82. The predicted molar refractivity (Wildman–Crippen MR) is 72.4 cm³/mol. The van der Waals surface area contributed by atoms with E-state index < -0.39 is 0 Å². The predicted octanol–water partition coefficient (Wildman–Crippen LogP) is 2.10. The van der Waals surface area contributed by atoms with Crippen molar-refractivity contribution in [1.82, 2.24) is 10.6 Å². The van der Waals surface area contributed by atoms with Crippen LogP contribution in [0.25, 0.3) is 0 Å². The maximum absolute atomic E-state index is 12.1. The van der Waals surface area contributed by atoms with E-state index in [2.05, 4.69) is 24.5 Å². The first-order valence-electron chi connectivity index (χ1n) is 6.59. The first-order chi connectivity index (χ1) is 7.60. The molecule has 1 aliphatic carbocycles. The monoisotopic (exact) mass is 260 g/mol. The molecule has 2 aliphatic rings. The van der Waals surface area contributed by atoms with Crippen LogP contribution in [0.2, 0.25) is 0 Å². The molecule has 2 N–H and O–H groups in total. The molecule has 1 saturated heterocycles. The van der Waals surface area contributed by atoms with Crippen LogP contribution in [0.5, 0.6) is 0 Å². The molecule has 3 nitrogen and oxygen atoms in total. The highest BCUT2D eigenvalue weighted by atomic mass is 35.5. The van der Waals surface area contributed by atoms with Crippen LogP contribution in [0, 0.1) is 10.8 Å². The van der Waals surface area contributed by atoms with Crippen LogP contribution in [-0.2, 0) is 4.79 Å². The molecule has 1 saturated carbocycles. The number of amides is 1. The van der Waals surface area contributed by atoms with Crippen molar-refractivity contribution in [3.8, 4) is 0 Å². The van der Waals surface area contributed by atoms with Crippen molar-refractivity contribution in [2.45, 2.75) is 46.0 Å². The molecule has 0 radical (unpaired) electrons. The van der Waals surface area contributed by atoms with Crippen molar-refractivity contribution in [1.29, 1.82) is 0 Å². The number of carbonyl (C=O) groups excluding carboxylic acids is 1. The molecular weight excluding hydrogens is 236 g/mol. The first-order valence-corrected chi connectivity index (χ1v) is 6.59. The molecule has 1 unspecified atom stereocenters. The summed E-state index contributed by atoms with van der Waals surface area (Å²) in [7, 11) is 0. The van der Waals surface area contributed by atoms with Gasteiger partial charge in [-0.1, -0.05) is 13.3 Å². The standard InChI is InChI=1S/C13H24N2O.ClH/c1-3-13(5-4-6-13)10-15-11(16)12(2)7-8-14-9-12;/h14H,3-10H2,1-2H3,(H,15,16);1H. The van der Waals surface area contributed by atoms with Gasteiger partial charge in [0, 0.05) is 13.1 Å². The number of hydrogen-bond donors (Lipinski definition) is 2. The van der Waals surface area contributed by atoms with Gasteiger partial charge in [-0.2, -0.15) is 0 Å². The van der Waals surface area contributed by atoms with Crippen LogP contribution >= 0.6 is 12.4 Å². The van der Waals surface area contributed by atoms with Crippen LogP contribution in [0.1, 0.15) is 46.0 Å². The summed E-state index contributed by atoms with van der Waals surface area (Å²) >= 11 is 0.